The third kappa shape index (κ3) is 3.85. The summed E-state index contributed by atoms with van der Waals surface area (Å²) in [4.78, 5) is 27.9. The lowest BCUT2D eigenvalue weighted by atomic mass is 9.73. The maximum Gasteiger partial charge on any atom is 0.249 e. The van der Waals surface area contributed by atoms with Gasteiger partial charge in [-0.05, 0) is 17.7 Å². The lowest BCUT2D eigenvalue weighted by Crippen LogP contribution is -2.73. The van der Waals surface area contributed by atoms with Crippen LogP contribution in [0, 0.1) is 17.8 Å². The van der Waals surface area contributed by atoms with Gasteiger partial charge in [-0.2, -0.15) is 0 Å². The van der Waals surface area contributed by atoms with Gasteiger partial charge in [0.2, 0.25) is 11.8 Å². The molecule has 2 aliphatic heterocycles. The predicted octanol–water partition coefficient (Wildman–Crippen LogP) is 0.838. The molecular weight excluding hydrogens is 344 g/mol. The molecule has 0 radical (unpaired) electrons. The summed E-state index contributed by atoms with van der Waals surface area (Å²) in [6, 6.07) is 7.61. The Bertz CT molecular complexity index is 763. The highest BCUT2D eigenvalue weighted by Crippen LogP contribution is 2.42. The number of carbonyl (C=O) groups is 2. The van der Waals surface area contributed by atoms with E-state index in [9.17, 15) is 14.7 Å². The summed E-state index contributed by atoms with van der Waals surface area (Å²) in [6.07, 6.45) is 0. The Kier molecular flexibility index (Phi) is 5.83. The van der Waals surface area contributed by atoms with Gasteiger partial charge < -0.3 is 19.6 Å². The van der Waals surface area contributed by atoms with Crippen LogP contribution in [-0.2, 0) is 14.3 Å². The zero-order valence-corrected chi connectivity index (χ0v) is 16.0. The van der Waals surface area contributed by atoms with Gasteiger partial charge in [-0.3, -0.25) is 9.59 Å². The van der Waals surface area contributed by atoms with E-state index >= 15 is 0 Å². The van der Waals surface area contributed by atoms with Crippen LogP contribution in [0.2, 0.25) is 0 Å². The molecule has 0 saturated carbocycles. The summed E-state index contributed by atoms with van der Waals surface area (Å²) < 4.78 is 4.91. The highest BCUT2D eigenvalue weighted by atomic mass is 16.5. The first-order valence-electron chi connectivity index (χ1n) is 9.26. The Morgan fingerprint density at radius 3 is 2.63 bits per heavy atom. The number of aliphatic hydroxyl groups excluding tert-OH is 1. The third-order valence-electron chi connectivity index (χ3n) is 5.17. The molecule has 0 bridgehead atoms. The van der Waals surface area contributed by atoms with Crippen molar-refractivity contribution in [2.24, 2.45) is 5.92 Å². The number of benzene rings is 1. The molecule has 6 heteroatoms. The first kappa shape index (κ1) is 19.4. The smallest absolute Gasteiger partial charge is 0.249 e. The van der Waals surface area contributed by atoms with Gasteiger partial charge in [0.15, 0.2) is 0 Å². The van der Waals surface area contributed by atoms with Crippen molar-refractivity contribution in [3.8, 4) is 11.8 Å². The van der Waals surface area contributed by atoms with Crippen molar-refractivity contribution in [3.05, 3.63) is 35.4 Å². The monoisotopic (exact) mass is 370 g/mol. The molecule has 2 heterocycles. The molecule has 3 rings (SSSR count). The quantitative estimate of drug-likeness (QED) is 0.798. The molecule has 1 aromatic carbocycles. The highest BCUT2D eigenvalue weighted by molar-refractivity contribution is 5.88. The number of hydrogen-bond donors (Lipinski definition) is 1. The van der Waals surface area contributed by atoms with Crippen LogP contribution in [0.15, 0.2) is 24.3 Å². The first-order chi connectivity index (χ1) is 13.0. The Hall–Kier alpha value is -2.36. The van der Waals surface area contributed by atoms with Crippen LogP contribution < -0.4 is 0 Å². The second-order valence-corrected chi connectivity index (χ2v) is 7.40. The van der Waals surface area contributed by atoms with Crippen molar-refractivity contribution in [3.63, 3.8) is 0 Å². The van der Waals surface area contributed by atoms with E-state index in [4.69, 9.17) is 4.74 Å². The van der Waals surface area contributed by atoms with E-state index in [0.717, 1.165) is 11.1 Å². The Balaban J connectivity index is 1.79. The molecule has 2 amide bonds. The average Bonchev–Trinajstić information content (AvgIpc) is 2.62. The molecule has 6 nitrogen and oxygen atoms in total. The predicted molar refractivity (Wildman–Crippen MR) is 101 cm³/mol. The van der Waals surface area contributed by atoms with Gasteiger partial charge >= 0.3 is 0 Å². The number of carbonyl (C=O) groups excluding carboxylic acids is 2. The van der Waals surface area contributed by atoms with E-state index in [2.05, 4.69) is 11.8 Å². The number of hydrogen-bond acceptors (Lipinski definition) is 4. The SMILES string of the molecule is COCC(=O)N1CC(=O)N2[C@H](CO)[C@@H](c3ccc(C#CC(C)C)cc3)[C@H]2C1. The van der Waals surface area contributed by atoms with E-state index in [1.807, 2.05) is 38.1 Å². The molecule has 27 heavy (non-hydrogen) atoms. The first-order valence-corrected chi connectivity index (χ1v) is 9.26. The minimum atomic E-state index is -0.241. The molecule has 3 atom stereocenters. The lowest BCUT2D eigenvalue weighted by Gasteiger charge is -2.58. The molecule has 1 aromatic rings. The Labute approximate surface area is 160 Å². The van der Waals surface area contributed by atoms with Crippen molar-refractivity contribution in [2.45, 2.75) is 31.8 Å². The molecule has 2 fully saturated rings. The van der Waals surface area contributed by atoms with E-state index in [-0.39, 0.29) is 49.6 Å². The van der Waals surface area contributed by atoms with Crippen LogP contribution in [-0.4, -0.2) is 72.2 Å². The van der Waals surface area contributed by atoms with Crippen LogP contribution in [0.4, 0.5) is 0 Å². The van der Waals surface area contributed by atoms with Crippen molar-refractivity contribution >= 4 is 11.8 Å². The van der Waals surface area contributed by atoms with Crippen LogP contribution in [0.5, 0.6) is 0 Å². The van der Waals surface area contributed by atoms with Gasteiger partial charge in [-0.1, -0.05) is 37.8 Å². The molecule has 0 aromatic heterocycles. The van der Waals surface area contributed by atoms with Crippen molar-refractivity contribution < 1.29 is 19.4 Å². The minimum Gasteiger partial charge on any atom is -0.394 e. The zero-order chi connectivity index (χ0) is 19.6. The largest absolute Gasteiger partial charge is 0.394 e. The topological polar surface area (TPSA) is 70.1 Å². The number of ether oxygens (including phenoxy) is 1. The fourth-order valence-electron chi connectivity index (χ4n) is 3.92. The van der Waals surface area contributed by atoms with Crippen LogP contribution in [0.3, 0.4) is 0 Å². The number of aliphatic hydroxyl groups is 1. The fourth-order valence-corrected chi connectivity index (χ4v) is 3.92. The average molecular weight is 370 g/mol. The molecule has 0 unspecified atom stereocenters. The standard InChI is InChI=1S/C21H26N2O4/c1-14(2)4-5-15-6-8-16(9-7-15)21-17-10-22(20(26)13-27-3)11-19(25)23(17)18(21)12-24/h6-9,14,17-18,21,24H,10-13H2,1-3H3/t17-,18-,21+/m1/s1. The van der Waals surface area contributed by atoms with E-state index in [1.165, 1.54) is 7.11 Å². The van der Waals surface area contributed by atoms with Crippen molar-refractivity contribution in [1.82, 2.24) is 9.80 Å². The van der Waals surface area contributed by atoms with Gasteiger partial charge in [0.1, 0.15) is 6.61 Å². The van der Waals surface area contributed by atoms with Gasteiger partial charge in [-0.25, -0.2) is 0 Å². The minimum absolute atomic E-state index is 0.00389. The van der Waals surface area contributed by atoms with Gasteiger partial charge in [0.05, 0.1) is 25.2 Å². The number of methoxy groups -OCH3 is 1. The van der Waals surface area contributed by atoms with Crippen LogP contribution in [0.25, 0.3) is 0 Å². The second-order valence-electron chi connectivity index (χ2n) is 7.40. The number of rotatable bonds is 4. The number of amides is 2. The van der Waals surface area contributed by atoms with E-state index in [0.29, 0.717) is 12.5 Å². The van der Waals surface area contributed by atoms with Crippen LogP contribution >= 0.6 is 0 Å². The lowest BCUT2D eigenvalue weighted by molar-refractivity contribution is -0.168. The van der Waals surface area contributed by atoms with E-state index in [1.54, 1.807) is 9.80 Å². The third-order valence-corrected chi connectivity index (χ3v) is 5.17. The van der Waals surface area contributed by atoms with Gasteiger partial charge in [-0.15, -0.1) is 0 Å². The number of piperazine rings is 1. The maximum atomic E-state index is 12.5. The summed E-state index contributed by atoms with van der Waals surface area (Å²) in [5.41, 5.74) is 2.00. The Morgan fingerprint density at radius 1 is 1.33 bits per heavy atom. The van der Waals surface area contributed by atoms with E-state index < -0.39 is 0 Å². The molecule has 1 N–H and O–H groups in total. The highest BCUT2D eigenvalue weighted by Gasteiger charge is 2.54. The van der Waals surface area contributed by atoms with Crippen LogP contribution in [0.1, 0.15) is 30.9 Å². The van der Waals surface area contributed by atoms with Gasteiger partial charge in [0, 0.05) is 31.1 Å². The van der Waals surface area contributed by atoms with Crippen molar-refractivity contribution in [1.29, 1.82) is 0 Å². The molecule has 144 valence electrons. The Morgan fingerprint density at radius 2 is 2.04 bits per heavy atom. The molecule has 2 aliphatic rings. The number of nitrogens with zero attached hydrogens (tertiary/aromatic N) is 2. The molecule has 0 aliphatic carbocycles. The summed E-state index contributed by atoms with van der Waals surface area (Å²) >= 11 is 0. The summed E-state index contributed by atoms with van der Waals surface area (Å²) in [5.74, 6) is 6.29. The summed E-state index contributed by atoms with van der Waals surface area (Å²) in [5, 5.41) is 9.82. The fraction of sp³-hybridized carbons (Fsp3) is 0.524. The normalized spacial score (nSPS) is 24.2. The molecule has 0 spiro atoms. The summed E-state index contributed by atoms with van der Waals surface area (Å²) in [7, 11) is 1.47. The molecule has 2 saturated heterocycles. The van der Waals surface area contributed by atoms with Gasteiger partial charge in [0.25, 0.3) is 0 Å². The summed E-state index contributed by atoms with van der Waals surface area (Å²) in [6.45, 7) is 4.49. The molecular formula is C21H26N2O4. The number of fused-ring (bicyclic) bond motifs is 1. The van der Waals surface area contributed by atoms with Crippen molar-refractivity contribution in [2.75, 3.05) is 33.4 Å². The zero-order valence-electron chi connectivity index (χ0n) is 16.0. The maximum absolute atomic E-state index is 12.5. The second kappa shape index (κ2) is 8.12.